The molecule has 2 aromatic heterocycles. The topological polar surface area (TPSA) is 83.4 Å². The monoisotopic (exact) mass is 461 g/mol. The van der Waals surface area contributed by atoms with Gasteiger partial charge in [-0.1, -0.05) is 11.8 Å². The predicted molar refractivity (Wildman–Crippen MR) is 126 cm³/mol. The van der Waals surface area contributed by atoms with Gasteiger partial charge in [-0.15, -0.1) is 11.3 Å². The van der Waals surface area contributed by atoms with Crippen molar-refractivity contribution in [2.45, 2.75) is 45.2 Å². The lowest BCUT2D eigenvalue weighted by molar-refractivity contribution is 0.245. The molecular formula is C21H24N3O3PS2. The molecule has 1 aliphatic carbocycles. The molecule has 2 aromatic rings. The van der Waals surface area contributed by atoms with Gasteiger partial charge < -0.3 is 20.4 Å². The molecule has 30 heavy (non-hydrogen) atoms. The van der Waals surface area contributed by atoms with Crippen LogP contribution in [-0.2, 0) is 24.3 Å². The van der Waals surface area contributed by atoms with Crippen molar-refractivity contribution in [3.05, 3.63) is 44.6 Å². The molecule has 0 saturated heterocycles. The summed E-state index contributed by atoms with van der Waals surface area (Å²) in [6, 6.07) is 4.69. The SMILES string of the molecule is O=C[PH]1=C(NC(=O)NCc2c(-c3ccco3)sc3c2CCNC3)SC2=C1CCCC2. The number of amides is 2. The van der Waals surface area contributed by atoms with Crippen molar-refractivity contribution in [2.75, 3.05) is 6.54 Å². The van der Waals surface area contributed by atoms with Gasteiger partial charge in [0.05, 0.1) is 15.9 Å². The third kappa shape index (κ3) is 3.82. The highest BCUT2D eigenvalue weighted by molar-refractivity contribution is 8.25. The summed E-state index contributed by atoms with van der Waals surface area (Å²) in [5, 5.41) is 10.8. The molecule has 0 saturated carbocycles. The van der Waals surface area contributed by atoms with E-state index in [9.17, 15) is 9.59 Å². The van der Waals surface area contributed by atoms with Crippen LogP contribution in [0.25, 0.3) is 10.6 Å². The van der Waals surface area contributed by atoms with E-state index >= 15 is 0 Å². The number of carbonyl (C=O) groups excluding carboxylic acids is 2. The number of nitrogens with one attached hydrogen (secondary N) is 3. The zero-order valence-corrected chi connectivity index (χ0v) is 19.1. The average Bonchev–Trinajstić information content (AvgIpc) is 3.48. The first-order valence-corrected chi connectivity index (χ1v) is 13.5. The van der Waals surface area contributed by atoms with E-state index in [1.807, 2.05) is 12.1 Å². The summed E-state index contributed by atoms with van der Waals surface area (Å²) in [6.07, 6.45) is 7.00. The number of hydrogen-bond acceptors (Lipinski definition) is 6. The molecule has 0 aromatic carbocycles. The summed E-state index contributed by atoms with van der Waals surface area (Å²) in [5.41, 5.74) is 2.46. The van der Waals surface area contributed by atoms with Crippen LogP contribution in [-0.4, -0.2) is 23.4 Å². The number of thiophene rings is 1. The van der Waals surface area contributed by atoms with Crippen LogP contribution < -0.4 is 16.0 Å². The molecule has 2 aliphatic heterocycles. The Labute approximate surface area is 184 Å². The Morgan fingerprint density at radius 1 is 1.30 bits per heavy atom. The summed E-state index contributed by atoms with van der Waals surface area (Å²) in [5.74, 6) is 0.843. The lowest BCUT2D eigenvalue weighted by Gasteiger charge is -2.15. The summed E-state index contributed by atoms with van der Waals surface area (Å²) >= 11 is 3.36. The van der Waals surface area contributed by atoms with Crippen LogP contribution in [0.4, 0.5) is 4.79 Å². The summed E-state index contributed by atoms with van der Waals surface area (Å²) in [4.78, 5) is 28.2. The zero-order chi connectivity index (χ0) is 20.5. The first-order chi connectivity index (χ1) is 14.7. The van der Waals surface area contributed by atoms with Crippen molar-refractivity contribution in [1.29, 1.82) is 0 Å². The number of furan rings is 1. The molecule has 158 valence electrons. The minimum atomic E-state index is -1.43. The Kier molecular flexibility index (Phi) is 5.92. The molecule has 3 aliphatic rings. The van der Waals surface area contributed by atoms with E-state index in [1.54, 1.807) is 29.4 Å². The van der Waals surface area contributed by atoms with E-state index in [-0.39, 0.29) is 6.03 Å². The second-order valence-electron chi connectivity index (χ2n) is 7.59. The van der Waals surface area contributed by atoms with Gasteiger partial charge in [-0.2, -0.15) is 0 Å². The molecule has 0 spiro atoms. The van der Waals surface area contributed by atoms with Gasteiger partial charge in [0.1, 0.15) is 11.8 Å². The number of carbonyl (C=O) groups is 2. The van der Waals surface area contributed by atoms with Gasteiger partial charge in [0, 0.05) is 18.0 Å². The Morgan fingerprint density at radius 2 is 2.20 bits per heavy atom. The number of rotatable bonds is 5. The Morgan fingerprint density at radius 3 is 3.03 bits per heavy atom. The van der Waals surface area contributed by atoms with Crippen LogP contribution in [0.5, 0.6) is 0 Å². The maximum atomic E-state index is 12.7. The minimum absolute atomic E-state index is 0.235. The van der Waals surface area contributed by atoms with Crippen LogP contribution in [0.15, 0.2) is 33.0 Å². The fourth-order valence-corrected chi connectivity index (χ4v) is 9.93. The van der Waals surface area contributed by atoms with E-state index in [1.165, 1.54) is 27.1 Å². The Balaban J connectivity index is 1.32. The van der Waals surface area contributed by atoms with Gasteiger partial charge in [0.25, 0.3) is 0 Å². The zero-order valence-electron chi connectivity index (χ0n) is 16.5. The fraction of sp³-hybridized carbons (Fsp3) is 0.381. The van der Waals surface area contributed by atoms with Crippen LogP contribution in [0.2, 0.25) is 0 Å². The third-order valence-corrected chi connectivity index (χ3v) is 11.3. The lowest BCUT2D eigenvalue weighted by Crippen LogP contribution is -2.37. The van der Waals surface area contributed by atoms with Crippen molar-refractivity contribution in [3.63, 3.8) is 0 Å². The van der Waals surface area contributed by atoms with Crippen molar-refractivity contribution in [3.8, 4) is 10.6 Å². The molecule has 9 heteroatoms. The Hall–Kier alpha value is -1.73. The highest BCUT2D eigenvalue weighted by atomic mass is 32.2. The van der Waals surface area contributed by atoms with E-state index in [0.29, 0.717) is 6.54 Å². The van der Waals surface area contributed by atoms with Gasteiger partial charge in [-0.05, 0) is 79.7 Å². The van der Waals surface area contributed by atoms with Crippen molar-refractivity contribution < 1.29 is 14.0 Å². The largest absolute Gasteiger partial charge is 0.464 e. The summed E-state index contributed by atoms with van der Waals surface area (Å²) in [7, 11) is -1.43. The molecule has 0 fully saturated rings. The molecule has 6 nitrogen and oxygen atoms in total. The van der Waals surface area contributed by atoms with Crippen LogP contribution in [0, 0.1) is 0 Å². The van der Waals surface area contributed by atoms with Crippen molar-refractivity contribution in [2.24, 2.45) is 0 Å². The van der Waals surface area contributed by atoms with Gasteiger partial charge >= 0.3 is 6.03 Å². The predicted octanol–water partition coefficient (Wildman–Crippen LogP) is 4.48. The summed E-state index contributed by atoms with van der Waals surface area (Å²) in [6.45, 7) is 2.25. The van der Waals surface area contributed by atoms with Crippen molar-refractivity contribution >= 4 is 47.5 Å². The van der Waals surface area contributed by atoms with Crippen LogP contribution in [0.3, 0.4) is 0 Å². The van der Waals surface area contributed by atoms with Gasteiger partial charge in [-0.3, -0.25) is 4.79 Å². The molecule has 5 rings (SSSR count). The minimum Gasteiger partial charge on any atom is -0.464 e. The first kappa shape index (κ1) is 20.2. The number of urea groups is 1. The van der Waals surface area contributed by atoms with Gasteiger partial charge in [0.15, 0.2) is 0 Å². The normalized spacial score (nSPS) is 20.7. The molecule has 0 radical (unpaired) electrons. The van der Waals surface area contributed by atoms with Gasteiger partial charge in [0.2, 0.25) is 0 Å². The molecule has 3 N–H and O–H groups in total. The molecule has 1 atom stereocenters. The molecular weight excluding hydrogens is 437 g/mol. The smallest absolute Gasteiger partial charge is 0.319 e. The maximum absolute atomic E-state index is 12.7. The number of hydrogen-bond donors (Lipinski definition) is 3. The standard InChI is InChI=1S/C21H24N3O3PS2/c25-12-28-16-5-1-2-6-17(16)30-21(28)24-20(26)23-10-14-13-7-8-22-11-18(13)29-19(14)15-4-3-9-27-15/h3-4,9,12,22,28H,1-2,5-8,10-11H2,(H2,23,24,26). The highest BCUT2D eigenvalue weighted by Crippen LogP contribution is 2.53. The number of fused-ring (bicyclic) bond motifs is 1. The van der Waals surface area contributed by atoms with Gasteiger partial charge in [-0.25, -0.2) is 4.79 Å². The lowest BCUT2D eigenvalue weighted by atomic mass is 10.0. The van der Waals surface area contributed by atoms with Crippen LogP contribution >= 0.6 is 30.6 Å². The Bertz CT molecular complexity index is 1060. The summed E-state index contributed by atoms with van der Waals surface area (Å²) < 4.78 is 6.50. The van der Waals surface area contributed by atoms with E-state index < -0.39 is 7.55 Å². The second-order valence-corrected chi connectivity index (χ2v) is 12.3. The second kappa shape index (κ2) is 8.79. The average molecular weight is 462 g/mol. The van der Waals surface area contributed by atoms with E-state index in [4.69, 9.17) is 4.42 Å². The number of allylic oxidation sites excluding steroid dienone is 2. The first-order valence-electron chi connectivity index (χ1n) is 10.3. The number of thioether (sulfide) groups is 1. The van der Waals surface area contributed by atoms with E-state index in [0.717, 1.165) is 65.8 Å². The molecule has 0 bridgehead atoms. The van der Waals surface area contributed by atoms with Crippen LogP contribution in [0.1, 0.15) is 41.7 Å². The molecule has 1 unspecified atom stereocenters. The maximum Gasteiger partial charge on any atom is 0.319 e. The third-order valence-electron chi connectivity index (χ3n) is 5.77. The molecule has 2 amide bonds. The fourth-order valence-electron chi connectivity index (χ4n) is 4.32. The van der Waals surface area contributed by atoms with E-state index in [2.05, 4.69) is 16.0 Å². The molecule has 4 heterocycles. The van der Waals surface area contributed by atoms with Crippen molar-refractivity contribution in [1.82, 2.24) is 16.0 Å². The highest BCUT2D eigenvalue weighted by Gasteiger charge is 2.27. The quantitative estimate of drug-likeness (QED) is 0.452.